The summed E-state index contributed by atoms with van der Waals surface area (Å²) in [6.07, 6.45) is 0. The van der Waals surface area contributed by atoms with E-state index in [2.05, 4.69) is 0 Å². The SMILES string of the molecule is CCN(CCO)S(=O)(=O)c1cccs1. The first kappa shape index (κ1) is 11.6. The summed E-state index contributed by atoms with van der Waals surface area (Å²) in [6, 6.07) is 3.27. The van der Waals surface area contributed by atoms with Crippen molar-refractivity contribution in [3.05, 3.63) is 17.5 Å². The second-order valence-corrected chi connectivity index (χ2v) is 5.76. The average molecular weight is 235 g/mol. The van der Waals surface area contributed by atoms with Crippen LogP contribution in [0.25, 0.3) is 0 Å². The van der Waals surface area contributed by atoms with Crippen LogP contribution in [-0.4, -0.2) is 37.5 Å². The largest absolute Gasteiger partial charge is 0.395 e. The highest BCUT2D eigenvalue weighted by molar-refractivity contribution is 7.91. The van der Waals surface area contributed by atoms with E-state index in [0.29, 0.717) is 10.8 Å². The fourth-order valence-electron chi connectivity index (χ4n) is 1.10. The third-order valence-electron chi connectivity index (χ3n) is 1.79. The van der Waals surface area contributed by atoms with Gasteiger partial charge in [0.2, 0.25) is 0 Å². The van der Waals surface area contributed by atoms with Crippen molar-refractivity contribution in [1.82, 2.24) is 4.31 Å². The fraction of sp³-hybridized carbons (Fsp3) is 0.500. The molecule has 1 rings (SSSR count). The molecule has 0 aliphatic heterocycles. The quantitative estimate of drug-likeness (QED) is 0.819. The lowest BCUT2D eigenvalue weighted by Crippen LogP contribution is -2.32. The number of aliphatic hydroxyl groups excluding tert-OH is 1. The first-order valence-corrected chi connectivity index (χ1v) is 6.59. The first-order chi connectivity index (χ1) is 6.62. The molecule has 1 heterocycles. The van der Waals surface area contributed by atoms with Gasteiger partial charge in [-0.2, -0.15) is 4.31 Å². The maximum atomic E-state index is 11.8. The molecule has 0 fully saturated rings. The molecule has 0 bridgehead atoms. The van der Waals surface area contributed by atoms with Gasteiger partial charge in [-0.25, -0.2) is 8.42 Å². The average Bonchev–Trinajstić information content (AvgIpc) is 2.66. The van der Waals surface area contributed by atoms with Gasteiger partial charge in [-0.1, -0.05) is 13.0 Å². The van der Waals surface area contributed by atoms with Gasteiger partial charge in [0.25, 0.3) is 10.0 Å². The van der Waals surface area contributed by atoms with E-state index in [9.17, 15) is 8.42 Å². The predicted octanol–water partition coefficient (Wildman–Crippen LogP) is 0.751. The number of hydrogen-bond acceptors (Lipinski definition) is 4. The molecule has 0 aliphatic rings. The lowest BCUT2D eigenvalue weighted by molar-refractivity contribution is 0.257. The Labute approximate surface area is 87.8 Å². The van der Waals surface area contributed by atoms with E-state index in [1.165, 1.54) is 15.6 Å². The van der Waals surface area contributed by atoms with Crippen molar-refractivity contribution in [1.29, 1.82) is 0 Å². The summed E-state index contributed by atoms with van der Waals surface area (Å²) in [5, 5.41) is 10.4. The minimum atomic E-state index is -3.38. The first-order valence-electron chi connectivity index (χ1n) is 4.27. The Kier molecular flexibility index (Phi) is 4.06. The van der Waals surface area contributed by atoms with Crippen LogP contribution in [0.15, 0.2) is 21.7 Å². The molecule has 0 aromatic carbocycles. The van der Waals surface area contributed by atoms with Crippen LogP contribution in [0.5, 0.6) is 0 Å². The zero-order valence-electron chi connectivity index (χ0n) is 7.88. The monoisotopic (exact) mass is 235 g/mol. The van der Waals surface area contributed by atoms with E-state index in [-0.39, 0.29) is 13.2 Å². The van der Waals surface area contributed by atoms with Gasteiger partial charge < -0.3 is 5.11 Å². The van der Waals surface area contributed by atoms with E-state index in [0.717, 1.165) is 0 Å². The van der Waals surface area contributed by atoms with E-state index >= 15 is 0 Å². The highest BCUT2D eigenvalue weighted by atomic mass is 32.2. The highest BCUT2D eigenvalue weighted by Crippen LogP contribution is 2.20. The van der Waals surface area contributed by atoms with Crippen LogP contribution < -0.4 is 0 Å². The van der Waals surface area contributed by atoms with Crippen molar-refractivity contribution >= 4 is 21.4 Å². The summed E-state index contributed by atoms with van der Waals surface area (Å²) in [6.45, 7) is 2.12. The smallest absolute Gasteiger partial charge is 0.252 e. The summed E-state index contributed by atoms with van der Waals surface area (Å²) in [4.78, 5) is 0. The van der Waals surface area contributed by atoms with E-state index in [1.807, 2.05) is 0 Å². The van der Waals surface area contributed by atoms with Crippen molar-refractivity contribution in [2.75, 3.05) is 19.7 Å². The second-order valence-electron chi connectivity index (χ2n) is 2.65. The van der Waals surface area contributed by atoms with E-state index in [4.69, 9.17) is 5.11 Å². The van der Waals surface area contributed by atoms with Crippen molar-refractivity contribution < 1.29 is 13.5 Å². The Bertz CT molecular complexity index is 358. The zero-order valence-corrected chi connectivity index (χ0v) is 9.51. The third-order valence-corrected chi connectivity index (χ3v) is 5.14. The lowest BCUT2D eigenvalue weighted by Gasteiger charge is -2.17. The maximum Gasteiger partial charge on any atom is 0.252 e. The number of hydrogen-bond donors (Lipinski definition) is 1. The van der Waals surface area contributed by atoms with Crippen LogP contribution in [-0.2, 0) is 10.0 Å². The standard InChI is InChI=1S/C8H13NO3S2/c1-2-9(5-6-10)14(11,12)8-4-3-7-13-8/h3-4,7,10H,2,5-6H2,1H3. The molecule has 1 aromatic rings. The number of likely N-dealkylation sites (N-methyl/N-ethyl adjacent to an activating group) is 1. The van der Waals surface area contributed by atoms with Gasteiger partial charge in [0.15, 0.2) is 0 Å². The van der Waals surface area contributed by atoms with Crippen LogP contribution in [0.2, 0.25) is 0 Å². The van der Waals surface area contributed by atoms with Crippen LogP contribution in [0.3, 0.4) is 0 Å². The molecule has 0 unspecified atom stereocenters. The normalized spacial score (nSPS) is 12.2. The molecule has 0 atom stereocenters. The molecule has 0 saturated heterocycles. The fourth-order valence-corrected chi connectivity index (χ4v) is 3.68. The van der Waals surface area contributed by atoms with E-state index < -0.39 is 10.0 Å². The molecule has 0 saturated carbocycles. The molecule has 0 aliphatic carbocycles. The van der Waals surface area contributed by atoms with Crippen molar-refractivity contribution in [3.63, 3.8) is 0 Å². The van der Waals surface area contributed by atoms with Crippen molar-refractivity contribution in [2.24, 2.45) is 0 Å². The van der Waals surface area contributed by atoms with Crippen LogP contribution >= 0.6 is 11.3 Å². The van der Waals surface area contributed by atoms with Crippen molar-refractivity contribution in [3.8, 4) is 0 Å². The number of aliphatic hydroxyl groups is 1. The van der Waals surface area contributed by atoms with Crippen LogP contribution in [0.4, 0.5) is 0 Å². The topological polar surface area (TPSA) is 57.6 Å². The Morgan fingerprint density at radius 3 is 2.71 bits per heavy atom. The summed E-state index contributed by atoms with van der Waals surface area (Å²) in [5.74, 6) is 0. The number of nitrogens with zero attached hydrogens (tertiary/aromatic N) is 1. The molecule has 14 heavy (non-hydrogen) atoms. The molecular formula is C8H13NO3S2. The molecule has 6 heteroatoms. The summed E-state index contributed by atoms with van der Waals surface area (Å²) in [7, 11) is -3.38. The van der Waals surface area contributed by atoms with Gasteiger partial charge in [0.05, 0.1) is 6.61 Å². The molecule has 4 nitrogen and oxygen atoms in total. The number of thiophene rings is 1. The molecular weight excluding hydrogens is 222 g/mol. The number of sulfonamides is 1. The maximum absolute atomic E-state index is 11.8. The summed E-state index contributed by atoms with van der Waals surface area (Å²) >= 11 is 1.19. The minimum Gasteiger partial charge on any atom is -0.395 e. The Balaban J connectivity index is 2.94. The summed E-state index contributed by atoms with van der Waals surface area (Å²) < 4.78 is 25.3. The molecule has 1 aromatic heterocycles. The molecule has 1 N–H and O–H groups in total. The molecule has 0 spiro atoms. The van der Waals surface area contributed by atoms with Gasteiger partial charge in [-0.05, 0) is 11.4 Å². The van der Waals surface area contributed by atoms with Gasteiger partial charge in [0, 0.05) is 13.1 Å². The van der Waals surface area contributed by atoms with Gasteiger partial charge in [-0.3, -0.25) is 0 Å². The van der Waals surface area contributed by atoms with E-state index in [1.54, 1.807) is 24.4 Å². The third kappa shape index (κ3) is 2.33. The van der Waals surface area contributed by atoms with Gasteiger partial charge >= 0.3 is 0 Å². The minimum absolute atomic E-state index is 0.150. The van der Waals surface area contributed by atoms with Crippen LogP contribution in [0.1, 0.15) is 6.92 Å². The zero-order chi connectivity index (χ0) is 10.6. The van der Waals surface area contributed by atoms with Gasteiger partial charge in [0.1, 0.15) is 4.21 Å². The predicted molar refractivity (Wildman–Crippen MR) is 55.8 cm³/mol. The molecule has 0 radical (unpaired) electrons. The second kappa shape index (κ2) is 4.88. The Morgan fingerprint density at radius 1 is 1.57 bits per heavy atom. The number of rotatable bonds is 5. The van der Waals surface area contributed by atoms with Crippen molar-refractivity contribution in [2.45, 2.75) is 11.1 Å². The Hall–Kier alpha value is -0.430. The lowest BCUT2D eigenvalue weighted by atomic mass is 10.6. The molecule has 0 amide bonds. The Morgan fingerprint density at radius 2 is 2.29 bits per heavy atom. The van der Waals surface area contributed by atoms with Crippen LogP contribution in [0, 0.1) is 0 Å². The van der Waals surface area contributed by atoms with Gasteiger partial charge in [-0.15, -0.1) is 11.3 Å². The summed E-state index contributed by atoms with van der Waals surface area (Å²) in [5.41, 5.74) is 0. The molecule has 80 valence electrons. The highest BCUT2D eigenvalue weighted by Gasteiger charge is 2.22.